The molecule has 1 atom stereocenters. The molecule has 6 heteroatoms. The van der Waals surface area contributed by atoms with Crippen LogP contribution in [0.1, 0.15) is 278 Å². The molecule has 0 aromatic carbocycles. The first-order valence-electron chi connectivity index (χ1n) is 27.1. The topological polar surface area (TPSA) is 78.9 Å². The minimum Gasteiger partial charge on any atom is -0.462 e. The SMILES string of the molecule is CCCCC/C=C\C/C=C\CCCCCCCC(=O)OC[C@H](COC(=O)CCCCCCCCC/C=C\CCCCCCCC)OC(=O)CCCCCCC/C=C\CCCCCC. The Bertz CT molecular complexity index is 1110. The molecule has 63 heavy (non-hydrogen) atoms. The lowest BCUT2D eigenvalue weighted by atomic mass is 10.1. The van der Waals surface area contributed by atoms with Gasteiger partial charge in [0.1, 0.15) is 13.2 Å². The van der Waals surface area contributed by atoms with Gasteiger partial charge < -0.3 is 14.2 Å². The van der Waals surface area contributed by atoms with Gasteiger partial charge in [0.05, 0.1) is 0 Å². The number of hydrogen-bond acceptors (Lipinski definition) is 6. The molecule has 6 nitrogen and oxygen atoms in total. The predicted molar refractivity (Wildman–Crippen MR) is 270 cm³/mol. The fraction of sp³-hybridized carbons (Fsp3) is 0.807. The molecule has 0 fully saturated rings. The number of carbonyl (C=O) groups excluding carboxylic acids is 3. The Morgan fingerprint density at radius 2 is 0.571 bits per heavy atom. The number of carbonyl (C=O) groups is 3. The molecule has 0 unspecified atom stereocenters. The first kappa shape index (κ1) is 60.4. The summed E-state index contributed by atoms with van der Waals surface area (Å²) < 4.78 is 16.8. The van der Waals surface area contributed by atoms with Gasteiger partial charge in [0.15, 0.2) is 6.10 Å². The van der Waals surface area contributed by atoms with Gasteiger partial charge in [-0.05, 0) is 103 Å². The lowest BCUT2D eigenvalue weighted by Gasteiger charge is -2.18. The van der Waals surface area contributed by atoms with E-state index in [9.17, 15) is 14.4 Å². The van der Waals surface area contributed by atoms with E-state index >= 15 is 0 Å². The quantitative estimate of drug-likeness (QED) is 0.0262. The van der Waals surface area contributed by atoms with E-state index in [2.05, 4.69) is 69.4 Å². The van der Waals surface area contributed by atoms with Crippen LogP contribution in [-0.4, -0.2) is 37.2 Å². The largest absolute Gasteiger partial charge is 0.462 e. The van der Waals surface area contributed by atoms with Crippen LogP contribution < -0.4 is 0 Å². The van der Waals surface area contributed by atoms with E-state index in [1.165, 1.54) is 148 Å². The van der Waals surface area contributed by atoms with E-state index in [1.807, 2.05) is 0 Å². The number of esters is 3. The first-order valence-corrected chi connectivity index (χ1v) is 27.1. The highest BCUT2D eigenvalue weighted by molar-refractivity contribution is 5.71. The second-order valence-electron chi connectivity index (χ2n) is 18.1. The summed E-state index contributed by atoms with van der Waals surface area (Å²) in [6.45, 7) is 6.59. The van der Waals surface area contributed by atoms with Crippen LogP contribution in [0.15, 0.2) is 48.6 Å². The van der Waals surface area contributed by atoms with Crippen LogP contribution in [0.5, 0.6) is 0 Å². The lowest BCUT2D eigenvalue weighted by molar-refractivity contribution is -0.167. The zero-order valence-electron chi connectivity index (χ0n) is 41.8. The molecule has 0 saturated heterocycles. The summed E-state index contributed by atoms with van der Waals surface area (Å²) in [7, 11) is 0. The third-order valence-corrected chi connectivity index (χ3v) is 11.8. The van der Waals surface area contributed by atoms with E-state index in [-0.39, 0.29) is 31.1 Å². The predicted octanol–water partition coefficient (Wildman–Crippen LogP) is 17.9. The van der Waals surface area contributed by atoms with Gasteiger partial charge in [-0.15, -0.1) is 0 Å². The smallest absolute Gasteiger partial charge is 0.306 e. The van der Waals surface area contributed by atoms with Gasteiger partial charge in [0.25, 0.3) is 0 Å². The maximum atomic E-state index is 12.8. The maximum absolute atomic E-state index is 12.8. The van der Waals surface area contributed by atoms with Crippen LogP contribution >= 0.6 is 0 Å². The Kier molecular flexibility index (Phi) is 49.8. The van der Waals surface area contributed by atoms with Crippen LogP contribution in [0.3, 0.4) is 0 Å². The highest BCUT2D eigenvalue weighted by Crippen LogP contribution is 2.14. The molecule has 0 aliphatic rings. The highest BCUT2D eigenvalue weighted by Gasteiger charge is 2.19. The highest BCUT2D eigenvalue weighted by atomic mass is 16.6. The number of allylic oxidation sites excluding steroid dienone is 8. The monoisotopic (exact) mass is 883 g/mol. The van der Waals surface area contributed by atoms with Gasteiger partial charge in [-0.25, -0.2) is 0 Å². The average molecular weight is 883 g/mol. The molecule has 0 rings (SSSR count). The van der Waals surface area contributed by atoms with Gasteiger partial charge in [-0.2, -0.15) is 0 Å². The minimum atomic E-state index is -0.783. The van der Waals surface area contributed by atoms with Crippen LogP contribution in [-0.2, 0) is 28.6 Å². The average Bonchev–Trinajstić information content (AvgIpc) is 3.28. The molecule has 0 amide bonds. The van der Waals surface area contributed by atoms with Crippen molar-refractivity contribution in [3.8, 4) is 0 Å². The van der Waals surface area contributed by atoms with Crippen molar-refractivity contribution in [3.63, 3.8) is 0 Å². The number of ether oxygens (including phenoxy) is 3. The van der Waals surface area contributed by atoms with Crippen molar-refractivity contribution in [2.45, 2.75) is 284 Å². The first-order chi connectivity index (χ1) is 31.0. The normalized spacial score (nSPS) is 12.4. The third kappa shape index (κ3) is 50.2. The van der Waals surface area contributed by atoms with Crippen molar-refractivity contribution in [1.82, 2.24) is 0 Å². The molecule has 0 aliphatic carbocycles. The molecule has 0 radical (unpaired) electrons. The summed E-state index contributed by atoms with van der Waals surface area (Å²) in [6, 6.07) is 0. The Morgan fingerprint density at radius 3 is 0.937 bits per heavy atom. The van der Waals surface area contributed by atoms with Gasteiger partial charge in [0.2, 0.25) is 0 Å². The van der Waals surface area contributed by atoms with E-state index in [0.717, 1.165) is 89.9 Å². The van der Waals surface area contributed by atoms with Crippen LogP contribution in [0.2, 0.25) is 0 Å². The van der Waals surface area contributed by atoms with Crippen molar-refractivity contribution < 1.29 is 28.6 Å². The molecular formula is C57H102O6. The lowest BCUT2D eigenvalue weighted by Crippen LogP contribution is -2.30. The number of unbranched alkanes of at least 4 members (excludes halogenated alkanes) is 30. The Hall–Kier alpha value is -2.63. The minimum absolute atomic E-state index is 0.0823. The molecule has 0 aromatic rings. The van der Waals surface area contributed by atoms with Crippen LogP contribution in [0.25, 0.3) is 0 Å². The summed E-state index contributed by atoms with van der Waals surface area (Å²) in [5.41, 5.74) is 0. The van der Waals surface area contributed by atoms with Gasteiger partial charge in [0, 0.05) is 19.3 Å². The Morgan fingerprint density at radius 1 is 0.317 bits per heavy atom. The second kappa shape index (κ2) is 52.0. The van der Waals surface area contributed by atoms with E-state index in [1.54, 1.807) is 0 Å². The molecule has 0 heterocycles. The fourth-order valence-electron chi connectivity index (χ4n) is 7.64. The van der Waals surface area contributed by atoms with E-state index in [4.69, 9.17) is 14.2 Å². The molecule has 0 aromatic heterocycles. The molecular weight excluding hydrogens is 781 g/mol. The zero-order chi connectivity index (χ0) is 45.8. The Balaban J connectivity index is 4.38. The van der Waals surface area contributed by atoms with Crippen molar-refractivity contribution >= 4 is 17.9 Å². The molecule has 0 aliphatic heterocycles. The van der Waals surface area contributed by atoms with Gasteiger partial charge in [-0.3, -0.25) is 14.4 Å². The number of hydrogen-bond donors (Lipinski definition) is 0. The standard InChI is InChI=1S/C57H102O6/c1-4-7-10-13-16-19-22-25-27-28-30-33-35-38-41-44-47-50-56(59)62-53-54(63-57(60)51-48-45-42-39-36-31-24-21-18-15-12-9-6-3)52-61-55(58)49-46-43-40-37-34-32-29-26-23-20-17-14-11-8-5-2/h17,20-21,24-27,29,54H,4-16,18-19,22-23,28,30-53H2,1-3H3/b20-17-,24-21-,27-25-,29-26-/t54-/m1/s1. The summed E-state index contributed by atoms with van der Waals surface area (Å²) in [4.78, 5) is 38.0. The number of rotatable bonds is 49. The van der Waals surface area contributed by atoms with Crippen molar-refractivity contribution in [2.24, 2.45) is 0 Å². The summed E-state index contributed by atoms with van der Waals surface area (Å²) in [6.07, 6.45) is 62.3. The molecule has 366 valence electrons. The molecule has 0 bridgehead atoms. The molecule has 0 saturated carbocycles. The zero-order valence-corrected chi connectivity index (χ0v) is 41.8. The van der Waals surface area contributed by atoms with Crippen molar-refractivity contribution in [2.75, 3.05) is 13.2 Å². The van der Waals surface area contributed by atoms with Crippen molar-refractivity contribution in [1.29, 1.82) is 0 Å². The maximum Gasteiger partial charge on any atom is 0.306 e. The van der Waals surface area contributed by atoms with E-state index < -0.39 is 6.10 Å². The third-order valence-electron chi connectivity index (χ3n) is 11.8. The van der Waals surface area contributed by atoms with Gasteiger partial charge >= 0.3 is 17.9 Å². The summed E-state index contributed by atoms with van der Waals surface area (Å²) >= 11 is 0. The van der Waals surface area contributed by atoms with Crippen LogP contribution in [0.4, 0.5) is 0 Å². The van der Waals surface area contributed by atoms with Gasteiger partial charge in [-0.1, -0.05) is 204 Å². The second-order valence-corrected chi connectivity index (χ2v) is 18.1. The summed E-state index contributed by atoms with van der Waals surface area (Å²) in [5, 5.41) is 0. The van der Waals surface area contributed by atoms with E-state index in [0.29, 0.717) is 19.3 Å². The van der Waals surface area contributed by atoms with Crippen molar-refractivity contribution in [3.05, 3.63) is 48.6 Å². The summed E-state index contributed by atoms with van der Waals surface area (Å²) in [5.74, 6) is -0.901. The van der Waals surface area contributed by atoms with Crippen LogP contribution in [0, 0.1) is 0 Å². The Labute approximate surface area is 390 Å². The molecule has 0 N–H and O–H groups in total. The fourth-order valence-corrected chi connectivity index (χ4v) is 7.64. The molecule has 0 spiro atoms.